The Labute approximate surface area is 362 Å². The monoisotopic (exact) mass is 808 g/mol. The lowest BCUT2D eigenvalue weighted by atomic mass is 9.92. The summed E-state index contributed by atoms with van der Waals surface area (Å²) < 4.78 is 4.94. The number of fused-ring (bicyclic) bond motifs is 6. The van der Waals surface area contributed by atoms with Gasteiger partial charge in [0, 0.05) is 53.2 Å². The van der Waals surface area contributed by atoms with Crippen LogP contribution in [-0.2, 0) is 0 Å². The minimum absolute atomic E-state index is 0.607. The lowest BCUT2D eigenvalue weighted by Gasteiger charge is -2.17. The maximum atomic E-state index is 5.34. The predicted molar refractivity (Wildman–Crippen MR) is 260 cm³/mol. The molecule has 0 radical (unpaired) electrons. The molecular formula is C57H36N4S. The van der Waals surface area contributed by atoms with Gasteiger partial charge in [0.05, 0.1) is 16.7 Å². The van der Waals surface area contributed by atoms with Crippen molar-refractivity contribution in [2.75, 3.05) is 0 Å². The summed E-state index contributed by atoms with van der Waals surface area (Å²) in [5, 5.41) is 4.99. The first-order chi connectivity index (χ1) is 30.7. The first-order valence-electron chi connectivity index (χ1n) is 20.8. The summed E-state index contributed by atoms with van der Waals surface area (Å²) in [6.07, 6.45) is 0. The van der Waals surface area contributed by atoms with E-state index in [4.69, 9.17) is 15.0 Å². The van der Waals surface area contributed by atoms with Gasteiger partial charge in [-0.05, 0) is 64.2 Å². The SMILES string of the molecule is c1ccc(-c2nc(-c3ccc(-c4ccccc4)c(-c4ccc5c(c4)sc4ccccc45)c3)nc(-c3ccc(-c4ccccc4)c(-n4c5ccccc5c5ccccc54)c3)n2)cc1. The van der Waals surface area contributed by atoms with Gasteiger partial charge in [-0.1, -0.05) is 182 Å². The van der Waals surface area contributed by atoms with Crippen molar-refractivity contribution in [3.8, 4) is 73.2 Å². The largest absolute Gasteiger partial charge is 0.309 e. The molecule has 12 rings (SSSR count). The maximum Gasteiger partial charge on any atom is 0.164 e. The normalized spacial score (nSPS) is 11.5. The van der Waals surface area contributed by atoms with Crippen LogP contribution in [0.2, 0.25) is 0 Å². The third-order valence-electron chi connectivity index (χ3n) is 11.9. The average molecular weight is 809 g/mol. The zero-order valence-corrected chi connectivity index (χ0v) is 34.3. The lowest BCUT2D eigenvalue weighted by Crippen LogP contribution is -2.02. The fourth-order valence-electron chi connectivity index (χ4n) is 8.94. The van der Waals surface area contributed by atoms with E-state index in [9.17, 15) is 0 Å². The van der Waals surface area contributed by atoms with Crippen LogP contribution in [0.15, 0.2) is 218 Å². The van der Waals surface area contributed by atoms with Crippen molar-refractivity contribution in [2.24, 2.45) is 0 Å². The number of thiophene rings is 1. The highest BCUT2D eigenvalue weighted by Crippen LogP contribution is 2.42. The molecule has 5 heteroatoms. The van der Waals surface area contributed by atoms with Gasteiger partial charge < -0.3 is 4.57 Å². The Morgan fingerprint density at radius 2 is 0.758 bits per heavy atom. The van der Waals surface area contributed by atoms with E-state index in [1.165, 1.54) is 30.9 Å². The zero-order valence-electron chi connectivity index (χ0n) is 33.5. The van der Waals surface area contributed by atoms with Gasteiger partial charge in [-0.15, -0.1) is 11.3 Å². The van der Waals surface area contributed by atoms with E-state index in [0.717, 1.165) is 66.8 Å². The number of rotatable bonds is 7. The van der Waals surface area contributed by atoms with Crippen molar-refractivity contribution in [3.63, 3.8) is 0 Å². The van der Waals surface area contributed by atoms with E-state index >= 15 is 0 Å². The number of para-hydroxylation sites is 2. The molecule has 0 amide bonds. The van der Waals surface area contributed by atoms with Gasteiger partial charge >= 0.3 is 0 Å². The standard InChI is InChI=1S/C57H36N4S/c1-4-16-37(17-5-1)43-31-29-41(34-49(43)40-28-33-48-47-24-12-15-27-53(47)62-54(48)36-40)56-58-55(39-20-8-3-9-21-39)59-57(60-56)42-30-32-44(38-18-6-2-7-19-38)52(35-42)61-50-25-13-10-22-45(50)46-23-11-14-26-51(46)61/h1-36H. The van der Waals surface area contributed by atoms with Gasteiger partial charge in [-0.3, -0.25) is 0 Å². The van der Waals surface area contributed by atoms with E-state index in [1.54, 1.807) is 0 Å². The summed E-state index contributed by atoms with van der Waals surface area (Å²) in [6, 6.07) is 77.5. The quantitative estimate of drug-likeness (QED) is 0.161. The Morgan fingerprint density at radius 1 is 0.290 bits per heavy atom. The molecule has 12 aromatic rings. The van der Waals surface area contributed by atoms with Gasteiger partial charge in [0.15, 0.2) is 17.5 Å². The van der Waals surface area contributed by atoms with Crippen molar-refractivity contribution in [3.05, 3.63) is 218 Å². The Morgan fingerprint density at radius 3 is 1.40 bits per heavy atom. The smallest absolute Gasteiger partial charge is 0.164 e. The molecule has 0 aliphatic heterocycles. The molecule has 0 saturated carbocycles. The van der Waals surface area contributed by atoms with Crippen LogP contribution in [-0.4, -0.2) is 19.5 Å². The van der Waals surface area contributed by atoms with E-state index < -0.39 is 0 Å². The van der Waals surface area contributed by atoms with Crippen LogP contribution in [0.3, 0.4) is 0 Å². The van der Waals surface area contributed by atoms with E-state index in [-0.39, 0.29) is 0 Å². The highest BCUT2D eigenvalue weighted by molar-refractivity contribution is 7.25. The molecule has 0 saturated heterocycles. The molecular weight excluding hydrogens is 773 g/mol. The number of hydrogen-bond donors (Lipinski definition) is 0. The van der Waals surface area contributed by atoms with Gasteiger partial charge in [0.2, 0.25) is 0 Å². The van der Waals surface area contributed by atoms with Crippen molar-refractivity contribution >= 4 is 53.3 Å². The average Bonchev–Trinajstić information content (AvgIpc) is 3.90. The Hall–Kier alpha value is -7.99. The van der Waals surface area contributed by atoms with Crippen LogP contribution in [0, 0.1) is 0 Å². The Bertz CT molecular complexity index is 3580. The van der Waals surface area contributed by atoms with Crippen LogP contribution in [0.5, 0.6) is 0 Å². The van der Waals surface area contributed by atoms with Crippen LogP contribution in [0.1, 0.15) is 0 Å². The third-order valence-corrected chi connectivity index (χ3v) is 13.0. The van der Waals surface area contributed by atoms with Gasteiger partial charge in [-0.25, -0.2) is 15.0 Å². The molecule has 0 atom stereocenters. The van der Waals surface area contributed by atoms with E-state index in [1.807, 2.05) is 29.5 Å². The minimum atomic E-state index is 0.607. The molecule has 0 aliphatic carbocycles. The van der Waals surface area contributed by atoms with Crippen LogP contribution < -0.4 is 0 Å². The molecule has 3 aromatic heterocycles. The van der Waals surface area contributed by atoms with Crippen LogP contribution in [0.4, 0.5) is 0 Å². The third kappa shape index (κ3) is 6.18. The van der Waals surface area contributed by atoms with Crippen molar-refractivity contribution in [2.45, 2.75) is 0 Å². The molecule has 3 heterocycles. The summed E-state index contributed by atoms with van der Waals surface area (Å²) in [4.78, 5) is 15.8. The lowest BCUT2D eigenvalue weighted by molar-refractivity contribution is 1.07. The number of benzene rings is 9. The topological polar surface area (TPSA) is 43.6 Å². The first kappa shape index (κ1) is 35.9. The molecule has 62 heavy (non-hydrogen) atoms. The molecule has 0 N–H and O–H groups in total. The van der Waals surface area contributed by atoms with Gasteiger partial charge in [0.1, 0.15) is 0 Å². The summed E-state index contributed by atoms with van der Waals surface area (Å²) in [5.41, 5.74) is 12.9. The number of hydrogen-bond acceptors (Lipinski definition) is 4. The summed E-state index contributed by atoms with van der Waals surface area (Å²) in [5.74, 6) is 1.84. The van der Waals surface area contributed by atoms with E-state index in [0.29, 0.717) is 17.5 Å². The summed E-state index contributed by atoms with van der Waals surface area (Å²) >= 11 is 1.84. The van der Waals surface area contributed by atoms with Gasteiger partial charge in [0.25, 0.3) is 0 Å². The molecule has 290 valence electrons. The van der Waals surface area contributed by atoms with Crippen molar-refractivity contribution < 1.29 is 0 Å². The predicted octanol–water partition coefficient (Wildman–Crippen LogP) is 15.3. The molecule has 0 spiro atoms. The highest BCUT2D eigenvalue weighted by Gasteiger charge is 2.20. The van der Waals surface area contributed by atoms with Gasteiger partial charge in [-0.2, -0.15) is 0 Å². The number of nitrogens with zero attached hydrogens (tertiary/aromatic N) is 4. The van der Waals surface area contributed by atoms with Crippen LogP contribution in [0.25, 0.3) is 115 Å². The molecule has 0 unspecified atom stereocenters. The maximum absolute atomic E-state index is 5.34. The number of aromatic nitrogens is 4. The molecule has 9 aromatic carbocycles. The summed E-state index contributed by atoms with van der Waals surface area (Å²) in [7, 11) is 0. The molecule has 0 fully saturated rings. The Balaban J connectivity index is 1.07. The summed E-state index contributed by atoms with van der Waals surface area (Å²) in [6.45, 7) is 0. The Kier molecular flexibility index (Phi) is 8.65. The second-order valence-corrected chi connectivity index (χ2v) is 16.7. The highest BCUT2D eigenvalue weighted by atomic mass is 32.1. The van der Waals surface area contributed by atoms with Crippen molar-refractivity contribution in [1.29, 1.82) is 0 Å². The fraction of sp³-hybridized carbons (Fsp3) is 0. The van der Waals surface area contributed by atoms with Crippen LogP contribution >= 0.6 is 11.3 Å². The molecule has 0 aliphatic rings. The van der Waals surface area contributed by atoms with E-state index in [2.05, 4.69) is 205 Å². The molecule has 0 bridgehead atoms. The zero-order chi connectivity index (χ0) is 41.0. The second-order valence-electron chi connectivity index (χ2n) is 15.6. The van der Waals surface area contributed by atoms with Crippen molar-refractivity contribution in [1.82, 2.24) is 19.5 Å². The first-order valence-corrected chi connectivity index (χ1v) is 21.7. The fourth-order valence-corrected chi connectivity index (χ4v) is 10.1. The minimum Gasteiger partial charge on any atom is -0.309 e. The molecule has 4 nitrogen and oxygen atoms in total. The second kappa shape index (κ2) is 14.9.